The van der Waals surface area contributed by atoms with Gasteiger partial charge < -0.3 is 15.2 Å². The summed E-state index contributed by atoms with van der Waals surface area (Å²) in [5, 5.41) is 13.7. The van der Waals surface area contributed by atoms with E-state index in [0.29, 0.717) is 58.9 Å². The molecule has 1 saturated heterocycles. The van der Waals surface area contributed by atoms with E-state index in [9.17, 15) is 27.9 Å². The molecule has 7 nitrogen and oxygen atoms in total. The van der Waals surface area contributed by atoms with E-state index in [1.807, 2.05) is 0 Å². The molecule has 1 fully saturated rings. The summed E-state index contributed by atoms with van der Waals surface area (Å²) in [6.07, 6.45) is -3.49. The molecule has 34 heavy (non-hydrogen) atoms. The SMILES string of the molecule is O=C(O)c1cc(C(=O)C(F)(F)F)ccc1Nc1c(SN2CCOCC2)cnc2ccc(Cl)cc12. The number of hydrogen-bond donors (Lipinski definition) is 2. The van der Waals surface area contributed by atoms with Crippen LogP contribution in [-0.2, 0) is 4.74 Å². The first-order valence-corrected chi connectivity index (χ1v) is 11.1. The van der Waals surface area contributed by atoms with Gasteiger partial charge in [-0.2, -0.15) is 13.2 Å². The Bertz CT molecular complexity index is 1270. The Balaban J connectivity index is 1.79. The minimum absolute atomic E-state index is 0.0162. The summed E-state index contributed by atoms with van der Waals surface area (Å²) in [6, 6.07) is 7.83. The number of morpholine rings is 1. The number of benzene rings is 2. The van der Waals surface area contributed by atoms with Crippen LogP contribution in [0.5, 0.6) is 0 Å². The van der Waals surface area contributed by atoms with Crippen LogP contribution in [0.15, 0.2) is 47.5 Å². The van der Waals surface area contributed by atoms with Gasteiger partial charge in [-0.25, -0.2) is 9.10 Å². The molecular weight excluding hydrogens is 495 g/mol. The van der Waals surface area contributed by atoms with Gasteiger partial charge in [-0.3, -0.25) is 9.78 Å². The summed E-state index contributed by atoms with van der Waals surface area (Å²) in [5.41, 5.74) is -0.159. The monoisotopic (exact) mass is 511 g/mol. The second kappa shape index (κ2) is 9.79. The number of aromatic nitrogens is 1. The normalized spacial score (nSPS) is 14.8. The molecule has 2 aromatic carbocycles. The number of ketones is 1. The number of carboxylic acids is 1. The first-order chi connectivity index (χ1) is 16.1. The minimum Gasteiger partial charge on any atom is -0.478 e. The van der Waals surface area contributed by atoms with Crippen molar-refractivity contribution >= 4 is 57.6 Å². The number of anilines is 2. The van der Waals surface area contributed by atoms with E-state index < -0.39 is 29.1 Å². The fourth-order valence-corrected chi connectivity index (χ4v) is 4.53. The molecule has 0 bridgehead atoms. The van der Waals surface area contributed by atoms with Crippen molar-refractivity contribution in [2.24, 2.45) is 0 Å². The molecule has 0 spiro atoms. The van der Waals surface area contributed by atoms with E-state index in [-0.39, 0.29) is 5.69 Å². The summed E-state index contributed by atoms with van der Waals surface area (Å²) >= 11 is 7.58. The van der Waals surface area contributed by atoms with Gasteiger partial charge in [0.25, 0.3) is 5.78 Å². The first kappa shape index (κ1) is 24.3. The van der Waals surface area contributed by atoms with Gasteiger partial charge in [0, 0.05) is 35.3 Å². The second-order valence-electron chi connectivity index (χ2n) is 7.31. The number of nitrogens with one attached hydrogen (secondary N) is 1. The standard InChI is InChI=1S/C22H17ClF3N3O4S/c23-13-2-4-16-14(10-13)19(18(11-27-16)34-29-5-7-33-8-6-29)28-17-3-1-12(9-15(17)21(31)32)20(30)22(24,25)26/h1-4,9-11H,5-8H2,(H,27,28)(H,31,32). The van der Waals surface area contributed by atoms with E-state index in [1.54, 1.807) is 24.4 Å². The number of carboxylic acid groups (broad SMARTS) is 1. The van der Waals surface area contributed by atoms with Crippen LogP contribution in [0, 0.1) is 0 Å². The predicted molar refractivity (Wildman–Crippen MR) is 122 cm³/mol. The molecule has 1 aliphatic rings. The van der Waals surface area contributed by atoms with Gasteiger partial charge in [-0.1, -0.05) is 11.6 Å². The maximum absolute atomic E-state index is 12.9. The average molecular weight is 512 g/mol. The Labute approximate surface area is 201 Å². The van der Waals surface area contributed by atoms with Crippen LogP contribution in [0.3, 0.4) is 0 Å². The maximum Gasteiger partial charge on any atom is 0.454 e. The van der Waals surface area contributed by atoms with Gasteiger partial charge in [0.2, 0.25) is 0 Å². The number of alkyl halides is 3. The van der Waals surface area contributed by atoms with Crippen LogP contribution in [0.4, 0.5) is 24.5 Å². The van der Waals surface area contributed by atoms with Gasteiger partial charge in [0.05, 0.1) is 40.6 Å². The van der Waals surface area contributed by atoms with Crippen LogP contribution in [0.2, 0.25) is 5.02 Å². The molecule has 2 heterocycles. The number of pyridine rings is 1. The fourth-order valence-electron chi connectivity index (χ4n) is 3.39. The third kappa shape index (κ3) is 5.27. The van der Waals surface area contributed by atoms with Crippen LogP contribution in [0.25, 0.3) is 10.9 Å². The van der Waals surface area contributed by atoms with E-state index in [4.69, 9.17) is 16.3 Å². The lowest BCUT2D eigenvalue weighted by molar-refractivity contribution is -0.0885. The first-order valence-electron chi connectivity index (χ1n) is 9.98. The number of nitrogens with zero attached hydrogens (tertiary/aromatic N) is 2. The number of carbonyl (C=O) groups is 2. The number of halogens is 4. The molecule has 3 aromatic rings. The fraction of sp³-hybridized carbons (Fsp3) is 0.227. The van der Waals surface area contributed by atoms with Crippen LogP contribution < -0.4 is 5.32 Å². The number of aromatic carboxylic acids is 1. The highest BCUT2D eigenvalue weighted by Gasteiger charge is 2.39. The number of fused-ring (bicyclic) bond motifs is 1. The lowest BCUT2D eigenvalue weighted by atomic mass is 10.0. The van der Waals surface area contributed by atoms with Crippen molar-refractivity contribution < 1.29 is 32.6 Å². The summed E-state index contributed by atoms with van der Waals surface area (Å²) in [4.78, 5) is 28.6. The number of hydrogen-bond acceptors (Lipinski definition) is 7. The highest BCUT2D eigenvalue weighted by atomic mass is 35.5. The molecule has 0 saturated carbocycles. The molecule has 0 unspecified atom stereocenters. The van der Waals surface area contributed by atoms with E-state index in [0.717, 1.165) is 12.1 Å². The number of ether oxygens (including phenoxy) is 1. The van der Waals surface area contributed by atoms with Crippen molar-refractivity contribution in [2.75, 3.05) is 31.6 Å². The Morgan fingerprint density at radius 1 is 1.15 bits per heavy atom. The minimum atomic E-state index is -5.12. The molecule has 0 radical (unpaired) electrons. The number of Topliss-reactive ketones (excluding diaryl/α,β-unsaturated/α-hetero) is 1. The topological polar surface area (TPSA) is 91.8 Å². The lowest BCUT2D eigenvalue weighted by Gasteiger charge is -2.26. The zero-order valence-electron chi connectivity index (χ0n) is 17.4. The average Bonchev–Trinajstić information content (AvgIpc) is 2.80. The zero-order valence-corrected chi connectivity index (χ0v) is 18.9. The third-order valence-electron chi connectivity index (χ3n) is 5.02. The number of rotatable bonds is 6. The van der Waals surface area contributed by atoms with Crippen molar-refractivity contribution in [3.05, 3.63) is 58.7 Å². The van der Waals surface area contributed by atoms with Crippen LogP contribution in [-0.4, -0.2) is 58.6 Å². The molecule has 0 amide bonds. The Kier molecular flexibility index (Phi) is 6.99. The quantitative estimate of drug-likeness (QED) is 0.335. The Morgan fingerprint density at radius 3 is 2.56 bits per heavy atom. The van der Waals surface area contributed by atoms with E-state index >= 15 is 0 Å². The summed E-state index contributed by atoms with van der Waals surface area (Å²) in [6.45, 7) is 2.43. The molecule has 178 valence electrons. The molecular formula is C22H17ClF3N3O4S. The second-order valence-corrected chi connectivity index (χ2v) is 8.88. The van der Waals surface area contributed by atoms with E-state index in [1.165, 1.54) is 11.9 Å². The zero-order chi connectivity index (χ0) is 24.5. The number of carbonyl (C=O) groups excluding carboxylic acids is 1. The highest BCUT2D eigenvalue weighted by Crippen LogP contribution is 2.39. The smallest absolute Gasteiger partial charge is 0.454 e. The lowest BCUT2D eigenvalue weighted by Crippen LogP contribution is -2.31. The predicted octanol–water partition coefficient (Wildman–Crippen LogP) is 5.41. The molecule has 0 aliphatic carbocycles. The van der Waals surface area contributed by atoms with Gasteiger partial charge in [0.15, 0.2) is 0 Å². The summed E-state index contributed by atoms with van der Waals surface area (Å²) in [7, 11) is 0. The molecule has 12 heteroatoms. The summed E-state index contributed by atoms with van der Waals surface area (Å²) in [5.74, 6) is -3.61. The van der Waals surface area contributed by atoms with Crippen molar-refractivity contribution in [3.8, 4) is 0 Å². The largest absolute Gasteiger partial charge is 0.478 e. The van der Waals surface area contributed by atoms with Crippen LogP contribution in [0.1, 0.15) is 20.7 Å². The van der Waals surface area contributed by atoms with Crippen molar-refractivity contribution in [2.45, 2.75) is 11.1 Å². The Hall–Kier alpha value is -2.86. The van der Waals surface area contributed by atoms with Gasteiger partial charge >= 0.3 is 12.1 Å². The molecule has 1 aromatic heterocycles. The summed E-state index contributed by atoms with van der Waals surface area (Å²) < 4.78 is 46.0. The molecule has 2 N–H and O–H groups in total. The van der Waals surface area contributed by atoms with Crippen molar-refractivity contribution in [3.63, 3.8) is 0 Å². The van der Waals surface area contributed by atoms with Gasteiger partial charge in [0.1, 0.15) is 0 Å². The highest BCUT2D eigenvalue weighted by molar-refractivity contribution is 7.97. The molecule has 4 rings (SSSR count). The molecule has 0 atom stereocenters. The maximum atomic E-state index is 12.9. The van der Waals surface area contributed by atoms with Gasteiger partial charge in [-0.15, -0.1) is 0 Å². The third-order valence-corrected chi connectivity index (χ3v) is 6.39. The van der Waals surface area contributed by atoms with Gasteiger partial charge in [-0.05, 0) is 48.3 Å². The van der Waals surface area contributed by atoms with Crippen LogP contribution >= 0.6 is 23.5 Å². The van der Waals surface area contributed by atoms with E-state index in [2.05, 4.69) is 14.6 Å². The molecule has 1 aliphatic heterocycles. The van der Waals surface area contributed by atoms with Crippen molar-refractivity contribution in [1.82, 2.24) is 9.29 Å². The Morgan fingerprint density at radius 2 is 1.88 bits per heavy atom. The van der Waals surface area contributed by atoms with Crippen molar-refractivity contribution in [1.29, 1.82) is 0 Å².